The third kappa shape index (κ3) is 2.82. The highest BCUT2D eigenvalue weighted by Gasteiger charge is 2.37. The molecule has 1 aromatic rings. The van der Waals surface area contributed by atoms with Crippen molar-refractivity contribution in [2.75, 3.05) is 6.54 Å². The highest BCUT2D eigenvalue weighted by atomic mass is 35.5. The molecular weight excluding hydrogens is 302 g/mol. The van der Waals surface area contributed by atoms with E-state index < -0.39 is 22.0 Å². The van der Waals surface area contributed by atoms with Crippen LogP contribution in [0.5, 0.6) is 0 Å². The largest absolute Gasteiger partial charge is 0.481 e. The van der Waals surface area contributed by atoms with E-state index >= 15 is 0 Å². The predicted octanol–water partition coefficient (Wildman–Crippen LogP) is 2.28. The summed E-state index contributed by atoms with van der Waals surface area (Å²) in [5.74, 6) is -0.986. The zero-order valence-corrected chi connectivity index (χ0v) is 12.6. The summed E-state index contributed by atoms with van der Waals surface area (Å²) in [5.41, 5.74) is 0.496. The second kappa shape index (κ2) is 5.71. The SMILES string of the molecule is Cc1c(Cl)cccc1S(=O)(=O)N1CCCC1CC(=O)O. The number of hydrogen-bond donors (Lipinski definition) is 1. The van der Waals surface area contributed by atoms with Crippen molar-refractivity contribution in [2.24, 2.45) is 0 Å². The molecule has 0 spiro atoms. The van der Waals surface area contributed by atoms with Crippen molar-refractivity contribution < 1.29 is 18.3 Å². The Morgan fingerprint density at radius 1 is 1.50 bits per heavy atom. The maximum absolute atomic E-state index is 12.7. The Morgan fingerprint density at radius 3 is 2.85 bits per heavy atom. The number of carboxylic acids is 1. The molecule has 2 rings (SSSR count). The van der Waals surface area contributed by atoms with Gasteiger partial charge in [0.25, 0.3) is 0 Å². The number of halogens is 1. The van der Waals surface area contributed by atoms with Gasteiger partial charge in [-0.05, 0) is 37.5 Å². The van der Waals surface area contributed by atoms with Crippen LogP contribution in [-0.4, -0.2) is 36.4 Å². The van der Waals surface area contributed by atoms with Crippen LogP contribution in [-0.2, 0) is 14.8 Å². The molecule has 1 heterocycles. The molecule has 0 saturated carbocycles. The van der Waals surface area contributed by atoms with Gasteiger partial charge in [0.05, 0.1) is 11.3 Å². The second-order valence-electron chi connectivity index (χ2n) is 4.87. The fraction of sp³-hybridized carbons (Fsp3) is 0.462. The summed E-state index contributed by atoms with van der Waals surface area (Å²) in [6.07, 6.45) is 1.08. The number of carbonyl (C=O) groups is 1. The molecule has 1 aliphatic rings. The summed E-state index contributed by atoms with van der Waals surface area (Å²) in [6.45, 7) is 2.00. The van der Waals surface area contributed by atoms with Gasteiger partial charge in [0.1, 0.15) is 0 Å². The molecule has 0 aromatic heterocycles. The number of nitrogens with zero attached hydrogens (tertiary/aromatic N) is 1. The average molecular weight is 318 g/mol. The van der Waals surface area contributed by atoms with Crippen LogP contribution >= 0.6 is 11.6 Å². The molecule has 1 unspecified atom stereocenters. The monoisotopic (exact) mass is 317 g/mol. The second-order valence-corrected chi connectivity index (χ2v) is 7.14. The fourth-order valence-electron chi connectivity index (χ4n) is 2.52. The van der Waals surface area contributed by atoms with Gasteiger partial charge in [0, 0.05) is 17.6 Å². The fourth-order valence-corrected chi connectivity index (χ4v) is 4.70. The van der Waals surface area contributed by atoms with Crippen LogP contribution in [0, 0.1) is 6.92 Å². The van der Waals surface area contributed by atoms with Gasteiger partial charge in [-0.1, -0.05) is 17.7 Å². The van der Waals surface area contributed by atoms with Crippen molar-refractivity contribution in [3.05, 3.63) is 28.8 Å². The third-order valence-corrected chi connectivity index (χ3v) is 6.04. The van der Waals surface area contributed by atoms with Gasteiger partial charge in [0.15, 0.2) is 0 Å². The maximum atomic E-state index is 12.7. The van der Waals surface area contributed by atoms with Gasteiger partial charge in [-0.25, -0.2) is 8.42 Å². The van der Waals surface area contributed by atoms with Gasteiger partial charge in [-0.15, -0.1) is 0 Å². The summed E-state index contributed by atoms with van der Waals surface area (Å²) >= 11 is 5.97. The van der Waals surface area contributed by atoms with Crippen molar-refractivity contribution in [1.29, 1.82) is 0 Å². The highest BCUT2D eigenvalue weighted by molar-refractivity contribution is 7.89. The lowest BCUT2D eigenvalue weighted by Crippen LogP contribution is -2.37. The average Bonchev–Trinajstić information content (AvgIpc) is 2.80. The normalized spacial score (nSPS) is 20.2. The van der Waals surface area contributed by atoms with Crippen LogP contribution in [0.25, 0.3) is 0 Å². The van der Waals surface area contributed by atoms with E-state index in [0.29, 0.717) is 30.0 Å². The van der Waals surface area contributed by atoms with E-state index in [1.807, 2.05) is 0 Å². The van der Waals surface area contributed by atoms with E-state index in [0.717, 1.165) is 0 Å². The first-order valence-corrected chi connectivity index (χ1v) is 8.14. The van der Waals surface area contributed by atoms with Crippen LogP contribution < -0.4 is 0 Å². The zero-order chi connectivity index (χ0) is 14.9. The summed E-state index contributed by atoms with van der Waals surface area (Å²) in [5, 5.41) is 9.27. The van der Waals surface area contributed by atoms with Crippen LogP contribution in [0.4, 0.5) is 0 Å². The highest BCUT2D eigenvalue weighted by Crippen LogP contribution is 2.31. The van der Waals surface area contributed by atoms with E-state index in [9.17, 15) is 13.2 Å². The van der Waals surface area contributed by atoms with Crippen molar-refractivity contribution in [3.63, 3.8) is 0 Å². The van der Waals surface area contributed by atoms with Gasteiger partial charge in [-0.2, -0.15) is 4.31 Å². The van der Waals surface area contributed by atoms with E-state index in [4.69, 9.17) is 16.7 Å². The van der Waals surface area contributed by atoms with Crippen LogP contribution in [0.1, 0.15) is 24.8 Å². The number of carboxylic acid groups (broad SMARTS) is 1. The van der Waals surface area contributed by atoms with E-state index in [1.165, 1.54) is 10.4 Å². The summed E-state index contributed by atoms with van der Waals surface area (Å²) in [4.78, 5) is 11.0. The molecule has 1 N–H and O–H groups in total. The molecule has 0 radical (unpaired) electrons. The molecule has 1 fully saturated rings. The number of hydrogen-bond acceptors (Lipinski definition) is 3. The van der Waals surface area contributed by atoms with E-state index in [-0.39, 0.29) is 11.3 Å². The first-order chi connectivity index (χ1) is 9.34. The first-order valence-electron chi connectivity index (χ1n) is 6.33. The molecule has 0 bridgehead atoms. The molecule has 0 aliphatic carbocycles. The van der Waals surface area contributed by atoms with Gasteiger partial charge < -0.3 is 5.11 Å². The molecule has 5 nitrogen and oxygen atoms in total. The summed E-state index contributed by atoms with van der Waals surface area (Å²) in [7, 11) is -3.70. The van der Waals surface area contributed by atoms with Crippen molar-refractivity contribution >= 4 is 27.6 Å². The molecule has 1 aliphatic heterocycles. The number of benzene rings is 1. The Kier molecular flexibility index (Phi) is 4.36. The molecule has 110 valence electrons. The zero-order valence-electron chi connectivity index (χ0n) is 11.0. The minimum absolute atomic E-state index is 0.155. The van der Waals surface area contributed by atoms with E-state index in [2.05, 4.69) is 0 Å². The predicted molar refractivity (Wildman–Crippen MR) is 75.4 cm³/mol. The minimum atomic E-state index is -3.70. The lowest BCUT2D eigenvalue weighted by Gasteiger charge is -2.24. The molecule has 20 heavy (non-hydrogen) atoms. The standard InChI is InChI=1S/C13H16ClNO4S/c1-9-11(14)5-2-6-12(9)20(18,19)15-7-3-4-10(15)8-13(16)17/h2,5-6,10H,3-4,7-8H2,1H3,(H,16,17). The minimum Gasteiger partial charge on any atom is -0.481 e. The maximum Gasteiger partial charge on any atom is 0.304 e. The van der Waals surface area contributed by atoms with Gasteiger partial charge in [0.2, 0.25) is 10.0 Å². The number of rotatable bonds is 4. The molecule has 7 heteroatoms. The van der Waals surface area contributed by atoms with Crippen molar-refractivity contribution in [3.8, 4) is 0 Å². The van der Waals surface area contributed by atoms with Crippen LogP contribution in [0.15, 0.2) is 23.1 Å². The topological polar surface area (TPSA) is 74.7 Å². The Labute approximate surface area is 123 Å². The van der Waals surface area contributed by atoms with Crippen LogP contribution in [0.3, 0.4) is 0 Å². The Balaban J connectivity index is 2.39. The third-order valence-electron chi connectivity index (χ3n) is 3.54. The first kappa shape index (κ1) is 15.3. The lowest BCUT2D eigenvalue weighted by molar-refractivity contribution is -0.137. The van der Waals surface area contributed by atoms with Crippen molar-refractivity contribution in [2.45, 2.75) is 37.1 Å². The number of aliphatic carboxylic acids is 1. The molecule has 1 saturated heterocycles. The number of sulfonamides is 1. The molecular formula is C13H16ClNO4S. The smallest absolute Gasteiger partial charge is 0.304 e. The molecule has 0 amide bonds. The Bertz CT molecular complexity index is 629. The lowest BCUT2D eigenvalue weighted by atomic mass is 10.2. The van der Waals surface area contributed by atoms with Gasteiger partial charge in [-0.3, -0.25) is 4.79 Å². The van der Waals surface area contributed by atoms with Crippen molar-refractivity contribution in [1.82, 2.24) is 4.31 Å². The molecule has 1 aromatic carbocycles. The Morgan fingerprint density at radius 2 is 2.20 bits per heavy atom. The quantitative estimate of drug-likeness (QED) is 0.924. The summed E-state index contributed by atoms with van der Waals surface area (Å²) in [6, 6.07) is 4.25. The summed E-state index contributed by atoms with van der Waals surface area (Å²) < 4.78 is 26.6. The Hall–Kier alpha value is -1.11. The van der Waals surface area contributed by atoms with E-state index in [1.54, 1.807) is 19.1 Å². The van der Waals surface area contributed by atoms with Crippen LogP contribution in [0.2, 0.25) is 5.02 Å². The molecule has 1 atom stereocenters. The van der Waals surface area contributed by atoms with Gasteiger partial charge >= 0.3 is 5.97 Å².